The number of nitrogens with two attached hydrogens (primary N) is 1. The molecule has 0 spiro atoms. The van der Waals surface area contributed by atoms with Gasteiger partial charge in [0.25, 0.3) is 0 Å². The predicted octanol–water partition coefficient (Wildman–Crippen LogP) is 1.96. The largest absolute Gasteiger partial charge is 0.383 e. The quantitative estimate of drug-likeness (QED) is 0.844. The summed E-state index contributed by atoms with van der Waals surface area (Å²) in [7, 11) is 0. The fraction of sp³-hybridized carbons (Fsp3) is 0.0588. The van der Waals surface area contributed by atoms with Crippen LogP contribution in [0.25, 0.3) is 0 Å². The molecule has 1 aliphatic rings. The zero-order valence-electron chi connectivity index (χ0n) is 11.7. The molecule has 0 aromatic heterocycles. The summed E-state index contributed by atoms with van der Waals surface area (Å²) >= 11 is 0. The van der Waals surface area contributed by atoms with Gasteiger partial charge in [0, 0.05) is 5.56 Å². The van der Waals surface area contributed by atoms with Crippen molar-refractivity contribution in [2.24, 2.45) is 5.73 Å². The summed E-state index contributed by atoms with van der Waals surface area (Å²) in [5.41, 5.74) is 10.6. The summed E-state index contributed by atoms with van der Waals surface area (Å²) in [6, 6.07) is 19.4. The topological polar surface area (TPSA) is 82.2 Å². The molecule has 0 saturated carbocycles. The van der Waals surface area contributed by atoms with E-state index in [-0.39, 0.29) is 17.2 Å². The number of carbonyl (C=O) groups is 1. The summed E-state index contributed by atoms with van der Waals surface area (Å²) in [4.78, 5) is 12.6. The lowest BCUT2D eigenvalue weighted by atomic mass is 9.99. The van der Waals surface area contributed by atoms with Crippen molar-refractivity contribution in [1.29, 1.82) is 5.26 Å². The Morgan fingerprint density at radius 3 is 2.27 bits per heavy atom. The van der Waals surface area contributed by atoms with Crippen LogP contribution in [0.15, 0.2) is 72.1 Å². The van der Waals surface area contributed by atoms with Crippen molar-refractivity contribution in [2.45, 2.75) is 6.04 Å². The van der Waals surface area contributed by atoms with Gasteiger partial charge in [-0.1, -0.05) is 48.5 Å². The van der Waals surface area contributed by atoms with Crippen LogP contribution in [-0.4, -0.2) is 11.8 Å². The van der Waals surface area contributed by atoms with Crippen LogP contribution in [-0.2, 0) is 0 Å². The number of hydrogen-bond acceptors (Lipinski definition) is 5. The van der Waals surface area contributed by atoms with E-state index in [0.717, 1.165) is 5.69 Å². The monoisotopic (exact) mass is 290 g/mol. The molecular weight excluding hydrogens is 276 g/mol. The Morgan fingerprint density at radius 2 is 1.68 bits per heavy atom. The summed E-state index contributed by atoms with van der Waals surface area (Å²) in [5, 5.41) is 10.9. The van der Waals surface area contributed by atoms with Gasteiger partial charge in [0.05, 0.1) is 11.3 Å². The Balaban J connectivity index is 1.95. The van der Waals surface area contributed by atoms with Gasteiger partial charge in [0.15, 0.2) is 5.78 Å². The lowest BCUT2D eigenvalue weighted by molar-refractivity contribution is 0.0964. The van der Waals surface area contributed by atoms with Crippen LogP contribution in [0, 0.1) is 11.3 Å². The van der Waals surface area contributed by atoms with Crippen LogP contribution in [0.3, 0.4) is 0 Å². The Kier molecular flexibility index (Phi) is 3.60. The number of para-hydroxylation sites is 1. The molecule has 5 heteroatoms. The highest BCUT2D eigenvalue weighted by molar-refractivity contribution is 6.03. The first kappa shape index (κ1) is 13.9. The second-order valence-corrected chi connectivity index (χ2v) is 4.87. The van der Waals surface area contributed by atoms with Crippen LogP contribution in [0.1, 0.15) is 10.4 Å². The van der Waals surface area contributed by atoms with Crippen LogP contribution >= 0.6 is 0 Å². The molecule has 0 aliphatic carbocycles. The van der Waals surface area contributed by atoms with Crippen LogP contribution < -0.4 is 16.2 Å². The molecule has 1 unspecified atom stereocenters. The zero-order valence-corrected chi connectivity index (χ0v) is 11.7. The number of nitriles is 1. The number of hydrazine groups is 1. The molecule has 0 fully saturated rings. The normalized spacial score (nSPS) is 17.4. The number of carbonyl (C=O) groups excluding carboxylic acids is 1. The number of ketones is 1. The van der Waals surface area contributed by atoms with Gasteiger partial charge in [-0.2, -0.15) is 5.26 Å². The Hall–Kier alpha value is -3.10. The minimum absolute atomic E-state index is 0.182. The summed E-state index contributed by atoms with van der Waals surface area (Å²) < 4.78 is 0. The average molecular weight is 290 g/mol. The molecule has 0 radical (unpaired) electrons. The van der Waals surface area contributed by atoms with E-state index in [1.54, 1.807) is 29.3 Å². The molecule has 2 aromatic rings. The Labute approximate surface area is 128 Å². The third-order valence-electron chi connectivity index (χ3n) is 3.52. The van der Waals surface area contributed by atoms with Crippen LogP contribution in [0.5, 0.6) is 0 Å². The molecule has 1 atom stereocenters. The molecular formula is C17H14N4O. The van der Waals surface area contributed by atoms with Gasteiger partial charge in [0.1, 0.15) is 17.9 Å². The lowest BCUT2D eigenvalue weighted by Gasteiger charge is -2.21. The van der Waals surface area contributed by atoms with Gasteiger partial charge >= 0.3 is 0 Å². The lowest BCUT2D eigenvalue weighted by Crippen LogP contribution is -2.42. The molecule has 1 heterocycles. The molecule has 5 nitrogen and oxygen atoms in total. The van der Waals surface area contributed by atoms with E-state index in [4.69, 9.17) is 5.73 Å². The maximum absolute atomic E-state index is 12.6. The molecule has 1 aliphatic heterocycles. The number of rotatable bonds is 3. The molecule has 0 amide bonds. The third-order valence-corrected chi connectivity index (χ3v) is 3.52. The van der Waals surface area contributed by atoms with E-state index in [1.165, 1.54) is 0 Å². The minimum atomic E-state index is -0.771. The highest BCUT2D eigenvalue weighted by Crippen LogP contribution is 2.25. The van der Waals surface area contributed by atoms with E-state index in [1.807, 2.05) is 42.5 Å². The van der Waals surface area contributed by atoms with Gasteiger partial charge in [-0.25, -0.2) is 5.43 Å². The van der Waals surface area contributed by atoms with E-state index < -0.39 is 6.04 Å². The maximum Gasteiger partial charge on any atom is 0.186 e. The number of Topliss-reactive ketones (excluding diaryl/α,β-unsaturated/α-hetero) is 1. The van der Waals surface area contributed by atoms with Crippen molar-refractivity contribution in [2.75, 3.05) is 5.01 Å². The smallest absolute Gasteiger partial charge is 0.186 e. The van der Waals surface area contributed by atoms with E-state index in [2.05, 4.69) is 5.43 Å². The fourth-order valence-corrected chi connectivity index (χ4v) is 2.40. The first-order valence-corrected chi connectivity index (χ1v) is 6.82. The van der Waals surface area contributed by atoms with Gasteiger partial charge in [-0.05, 0) is 12.1 Å². The SMILES string of the molecule is N#CC1=C(N)N(c2ccccc2)NC1C(=O)c1ccccc1. The van der Waals surface area contributed by atoms with Crippen molar-refractivity contribution in [3.8, 4) is 6.07 Å². The van der Waals surface area contributed by atoms with Crippen molar-refractivity contribution < 1.29 is 4.79 Å². The van der Waals surface area contributed by atoms with Gasteiger partial charge in [0.2, 0.25) is 0 Å². The molecule has 2 aromatic carbocycles. The average Bonchev–Trinajstić information content (AvgIpc) is 2.92. The Bertz CT molecular complexity index is 762. The first-order valence-electron chi connectivity index (χ1n) is 6.82. The molecule has 22 heavy (non-hydrogen) atoms. The molecule has 0 bridgehead atoms. The second kappa shape index (κ2) is 5.72. The van der Waals surface area contributed by atoms with Gasteiger partial charge < -0.3 is 5.73 Å². The minimum Gasteiger partial charge on any atom is -0.383 e. The van der Waals surface area contributed by atoms with E-state index in [0.29, 0.717) is 5.56 Å². The summed E-state index contributed by atoms with van der Waals surface area (Å²) in [6.45, 7) is 0. The summed E-state index contributed by atoms with van der Waals surface area (Å²) in [6.07, 6.45) is 0. The van der Waals surface area contributed by atoms with Crippen molar-refractivity contribution >= 4 is 11.5 Å². The van der Waals surface area contributed by atoms with Gasteiger partial charge in [-0.3, -0.25) is 9.80 Å². The molecule has 108 valence electrons. The molecule has 0 saturated heterocycles. The highest BCUT2D eigenvalue weighted by atomic mass is 16.1. The maximum atomic E-state index is 12.6. The zero-order chi connectivity index (χ0) is 15.5. The summed E-state index contributed by atoms with van der Waals surface area (Å²) in [5.74, 6) is 0.0708. The predicted molar refractivity (Wildman–Crippen MR) is 83.4 cm³/mol. The van der Waals surface area contributed by atoms with E-state index >= 15 is 0 Å². The number of nitrogens with one attached hydrogen (secondary N) is 1. The van der Waals surface area contributed by atoms with Crippen molar-refractivity contribution in [3.05, 3.63) is 77.6 Å². The standard InChI is InChI=1S/C17H14N4O/c18-11-14-15(16(22)12-7-3-1-4-8-12)20-21(17(14)19)13-9-5-2-6-10-13/h1-10,15,20H,19H2. The number of hydrogen-bond donors (Lipinski definition) is 2. The molecule has 3 N–H and O–H groups in total. The highest BCUT2D eigenvalue weighted by Gasteiger charge is 2.36. The van der Waals surface area contributed by atoms with Crippen molar-refractivity contribution in [3.63, 3.8) is 0 Å². The van der Waals surface area contributed by atoms with Crippen LogP contribution in [0.4, 0.5) is 5.69 Å². The second-order valence-electron chi connectivity index (χ2n) is 4.87. The Morgan fingerprint density at radius 1 is 1.09 bits per heavy atom. The van der Waals surface area contributed by atoms with E-state index in [9.17, 15) is 10.1 Å². The number of anilines is 1. The van der Waals surface area contributed by atoms with Gasteiger partial charge in [-0.15, -0.1) is 0 Å². The number of nitrogens with zero attached hydrogens (tertiary/aromatic N) is 2. The fourth-order valence-electron chi connectivity index (χ4n) is 2.40. The van der Waals surface area contributed by atoms with Crippen LogP contribution in [0.2, 0.25) is 0 Å². The van der Waals surface area contributed by atoms with Crippen molar-refractivity contribution in [1.82, 2.24) is 5.43 Å². The first-order chi connectivity index (χ1) is 10.7. The molecule has 3 rings (SSSR count). The third kappa shape index (κ3) is 2.32. The number of benzene rings is 2.